The molecule has 0 heterocycles. The van der Waals surface area contributed by atoms with Gasteiger partial charge in [0.05, 0.1) is 17.8 Å². The van der Waals surface area contributed by atoms with Gasteiger partial charge in [0.25, 0.3) is 5.91 Å². The summed E-state index contributed by atoms with van der Waals surface area (Å²) in [6.45, 7) is 3.84. The van der Waals surface area contributed by atoms with E-state index in [-0.39, 0.29) is 24.0 Å². The summed E-state index contributed by atoms with van der Waals surface area (Å²) >= 11 is 6.60. The Kier molecular flexibility index (Phi) is 7.05. The van der Waals surface area contributed by atoms with Crippen molar-refractivity contribution in [3.05, 3.63) is 49.9 Å². The number of phenolic OH excluding ortho intramolecular Hbond substituents is 1. The first-order valence-corrected chi connectivity index (χ1v) is 9.19. The van der Waals surface area contributed by atoms with Gasteiger partial charge in [0, 0.05) is 10.0 Å². The number of phenols is 1. The standard InChI is InChI=1S/C18H18Br2N2O4/c1-10-4-5-13(6-11(10)2)26-9-15(23)22-21-8-12-7-14(25-3)18(24)17(20)16(12)19/h4-8,24H,9H2,1-3H3,(H,22,23)/b21-8-. The number of methoxy groups -OCH3 is 1. The molecule has 0 saturated carbocycles. The van der Waals surface area contributed by atoms with E-state index in [9.17, 15) is 9.90 Å². The Morgan fingerprint density at radius 1 is 1.23 bits per heavy atom. The number of rotatable bonds is 6. The largest absolute Gasteiger partial charge is 0.503 e. The maximum Gasteiger partial charge on any atom is 0.277 e. The first kappa shape index (κ1) is 20.3. The highest BCUT2D eigenvalue weighted by Crippen LogP contribution is 2.41. The molecule has 0 aliphatic carbocycles. The predicted molar refractivity (Wildman–Crippen MR) is 107 cm³/mol. The molecule has 0 saturated heterocycles. The normalized spacial score (nSPS) is 10.8. The van der Waals surface area contributed by atoms with Gasteiger partial charge in [-0.3, -0.25) is 4.79 Å². The first-order valence-electron chi connectivity index (χ1n) is 7.60. The summed E-state index contributed by atoms with van der Waals surface area (Å²) in [5, 5.41) is 13.8. The van der Waals surface area contributed by atoms with Crippen molar-refractivity contribution < 1.29 is 19.4 Å². The second-order valence-corrected chi connectivity index (χ2v) is 7.06. The number of hydrogen-bond donors (Lipinski definition) is 2. The molecule has 2 aromatic carbocycles. The molecule has 2 aromatic rings. The highest BCUT2D eigenvalue weighted by Gasteiger charge is 2.13. The van der Waals surface area contributed by atoms with E-state index in [0.29, 0.717) is 20.3 Å². The Morgan fingerprint density at radius 3 is 2.62 bits per heavy atom. The van der Waals surface area contributed by atoms with Gasteiger partial charge in [-0.25, -0.2) is 5.43 Å². The zero-order valence-corrected chi connectivity index (χ0v) is 17.6. The van der Waals surface area contributed by atoms with Crippen LogP contribution in [0, 0.1) is 13.8 Å². The molecule has 138 valence electrons. The highest BCUT2D eigenvalue weighted by molar-refractivity contribution is 9.13. The van der Waals surface area contributed by atoms with Crippen LogP contribution in [0.2, 0.25) is 0 Å². The van der Waals surface area contributed by atoms with E-state index in [4.69, 9.17) is 9.47 Å². The first-order chi connectivity index (χ1) is 12.3. The molecule has 0 fully saturated rings. The fourth-order valence-corrected chi connectivity index (χ4v) is 2.85. The number of carbonyl (C=O) groups is 1. The number of aromatic hydroxyl groups is 1. The molecule has 2 rings (SSSR count). The molecule has 26 heavy (non-hydrogen) atoms. The van der Waals surface area contributed by atoms with Crippen molar-refractivity contribution in [2.24, 2.45) is 5.10 Å². The summed E-state index contributed by atoms with van der Waals surface area (Å²) < 4.78 is 11.5. The van der Waals surface area contributed by atoms with Gasteiger partial charge in [0.2, 0.25) is 0 Å². The summed E-state index contributed by atoms with van der Waals surface area (Å²) in [5.74, 6) is 0.496. The fourth-order valence-electron chi connectivity index (χ4n) is 2.02. The predicted octanol–water partition coefficient (Wildman–Crippen LogP) is 4.07. The second-order valence-electron chi connectivity index (χ2n) is 5.47. The van der Waals surface area contributed by atoms with Gasteiger partial charge in [0.15, 0.2) is 18.1 Å². The maximum atomic E-state index is 11.9. The number of benzene rings is 2. The fraction of sp³-hybridized carbons (Fsp3) is 0.222. The van der Waals surface area contributed by atoms with Gasteiger partial charge in [-0.1, -0.05) is 6.07 Å². The molecule has 0 bridgehead atoms. The van der Waals surface area contributed by atoms with E-state index in [1.54, 1.807) is 6.07 Å². The SMILES string of the molecule is COc1cc(/C=N\NC(=O)COc2ccc(C)c(C)c2)c(Br)c(Br)c1O. The number of aryl methyl sites for hydroxylation is 2. The molecule has 0 aliphatic rings. The van der Waals surface area contributed by atoms with Crippen LogP contribution in [0.4, 0.5) is 0 Å². The third kappa shape index (κ3) is 4.98. The lowest BCUT2D eigenvalue weighted by Gasteiger charge is -2.09. The monoisotopic (exact) mass is 484 g/mol. The van der Waals surface area contributed by atoms with Crippen molar-refractivity contribution in [3.63, 3.8) is 0 Å². The molecule has 0 radical (unpaired) electrons. The van der Waals surface area contributed by atoms with E-state index in [1.165, 1.54) is 13.3 Å². The van der Waals surface area contributed by atoms with Gasteiger partial charge in [-0.2, -0.15) is 5.10 Å². The van der Waals surface area contributed by atoms with Gasteiger partial charge in [0.1, 0.15) is 5.75 Å². The van der Waals surface area contributed by atoms with Crippen molar-refractivity contribution in [3.8, 4) is 17.2 Å². The van der Waals surface area contributed by atoms with Crippen LogP contribution in [0.1, 0.15) is 16.7 Å². The average Bonchev–Trinajstić information content (AvgIpc) is 2.62. The Morgan fingerprint density at radius 2 is 1.96 bits per heavy atom. The quantitative estimate of drug-likeness (QED) is 0.477. The van der Waals surface area contributed by atoms with E-state index < -0.39 is 0 Å². The molecule has 0 spiro atoms. The number of carbonyl (C=O) groups excluding carboxylic acids is 1. The van der Waals surface area contributed by atoms with E-state index >= 15 is 0 Å². The molecule has 0 unspecified atom stereocenters. The van der Waals surface area contributed by atoms with Crippen LogP contribution < -0.4 is 14.9 Å². The topological polar surface area (TPSA) is 80.2 Å². The van der Waals surface area contributed by atoms with E-state index in [2.05, 4.69) is 42.4 Å². The van der Waals surface area contributed by atoms with Crippen molar-refractivity contribution in [2.45, 2.75) is 13.8 Å². The number of ether oxygens (including phenoxy) is 2. The molecule has 0 aliphatic heterocycles. The van der Waals surface area contributed by atoms with Crippen LogP contribution in [-0.2, 0) is 4.79 Å². The highest BCUT2D eigenvalue weighted by atomic mass is 79.9. The smallest absolute Gasteiger partial charge is 0.277 e. The molecule has 8 heteroatoms. The minimum atomic E-state index is -0.389. The second kappa shape index (κ2) is 9.05. The number of halogens is 2. The van der Waals surface area contributed by atoms with Crippen molar-refractivity contribution in [1.29, 1.82) is 0 Å². The lowest BCUT2D eigenvalue weighted by molar-refractivity contribution is -0.123. The van der Waals surface area contributed by atoms with E-state index in [0.717, 1.165) is 11.1 Å². The molecule has 2 N–H and O–H groups in total. The molecule has 0 atom stereocenters. The van der Waals surface area contributed by atoms with Crippen molar-refractivity contribution >= 4 is 44.0 Å². The van der Waals surface area contributed by atoms with Crippen LogP contribution in [0.25, 0.3) is 0 Å². The molecule has 6 nitrogen and oxygen atoms in total. The van der Waals surface area contributed by atoms with Gasteiger partial charge in [-0.15, -0.1) is 0 Å². The molecule has 1 amide bonds. The van der Waals surface area contributed by atoms with Crippen LogP contribution >= 0.6 is 31.9 Å². The summed E-state index contributed by atoms with van der Waals surface area (Å²) in [5.41, 5.74) is 5.26. The number of hydrogen-bond acceptors (Lipinski definition) is 5. The average molecular weight is 486 g/mol. The maximum absolute atomic E-state index is 11.9. The lowest BCUT2D eigenvalue weighted by atomic mass is 10.1. The zero-order chi connectivity index (χ0) is 19.3. The Balaban J connectivity index is 1.96. The van der Waals surface area contributed by atoms with Crippen LogP contribution in [0.15, 0.2) is 38.3 Å². The third-order valence-electron chi connectivity index (χ3n) is 3.64. The van der Waals surface area contributed by atoms with Crippen LogP contribution in [0.5, 0.6) is 17.2 Å². The summed E-state index contributed by atoms with van der Waals surface area (Å²) in [7, 11) is 1.45. The van der Waals surface area contributed by atoms with Crippen LogP contribution in [0.3, 0.4) is 0 Å². The van der Waals surface area contributed by atoms with Crippen LogP contribution in [-0.4, -0.2) is 30.9 Å². The molecule has 0 aromatic heterocycles. The lowest BCUT2D eigenvalue weighted by Crippen LogP contribution is -2.24. The van der Waals surface area contributed by atoms with Gasteiger partial charge < -0.3 is 14.6 Å². The van der Waals surface area contributed by atoms with Crippen molar-refractivity contribution in [2.75, 3.05) is 13.7 Å². The zero-order valence-electron chi connectivity index (χ0n) is 14.5. The Hall–Kier alpha value is -2.06. The number of nitrogens with one attached hydrogen (secondary N) is 1. The summed E-state index contributed by atoms with van der Waals surface area (Å²) in [6.07, 6.45) is 1.44. The molecular weight excluding hydrogens is 468 g/mol. The van der Waals surface area contributed by atoms with Gasteiger partial charge >= 0.3 is 0 Å². The Bertz CT molecular complexity index is 854. The number of amides is 1. The van der Waals surface area contributed by atoms with Gasteiger partial charge in [-0.05, 0) is 75.0 Å². The molecular formula is C18H18Br2N2O4. The summed E-state index contributed by atoms with van der Waals surface area (Å²) in [6, 6.07) is 7.22. The third-order valence-corrected chi connectivity index (χ3v) is 5.79. The minimum Gasteiger partial charge on any atom is -0.503 e. The number of nitrogens with zero attached hydrogens (tertiary/aromatic N) is 1. The Labute approximate surface area is 168 Å². The minimum absolute atomic E-state index is 0.0256. The number of hydrazone groups is 1. The van der Waals surface area contributed by atoms with Crippen molar-refractivity contribution in [1.82, 2.24) is 5.43 Å². The van der Waals surface area contributed by atoms with E-state index in [1.807, 2.05) is 32.0 Å². The summed E-state index contributed by atoms with van der Waals surface area (Å²) in [4.78, 5) is 11.9.